The summed E-state index contributed by atoms with van der Waals surface area (Å²) in [4.78, 5) is 7.00. The molecule has 1 fully saturated rings. The molecule has 0 radical (unpaired) electrons. The van der Waals surface area contributed by atoms with Crippen LogP contribution in [0.15, 0.2) is 36.5 Å². The van der Waals surface area contributed by atoms with E-state index in [0.717, 1.165) is 30.5 Å². The molecule has 1 aromatic carbocycles. The van der Waals surface area contributed by atoms with Gasteiger partial charge in [0.1, 0.15) is 0 Å². The van der Waals surface area contributed by atoms with E-state index in [1.807, 2.05) is 12.3 Å². The van der Waals surface area contributed by atoms with E-state index in [1.54, 1.807) is 0 Å². The average Bonchev–Trinajstić information content (AvgIpc) is 2.47. The molecule has 2 aromatic rings. The molecule has 106 valence electrons. The first-order valence-electron chi connectivity index (χ1n) is 7.02. The molecule has 0 saturated carbocycles. The van der Waals surface area contributed by atoms with Crippen molar-refractivity contribution >= 4 is 26.8 Å². The minimum absolute atomic E-state index is 0.279. The highest BCUT2D eigenvalue weighted by Crippen LogP contribution is 2.20. The fraction of sp³-hybridized carbons (Fsp3) is 0.438. The zero-order valence-electron chi connectivity index (χ0n) is 11.6. The predicted octanol–water partition coefficient (Wildman–Crippen LogP) is 3.22. The number of aromatic nitrogens is 1. The van der Waals surface area contributed by atoms with E-state index in [1.165, 1.54) is 10.9 Å². The third-order valence-electron chi connectivity index (χ3n) is 3.68. The van der Waals surface area contributed by atoms with Crippen molar-refractivity contribution in [3.63, 3.8) is 0 Å². The van der Waals surface area contributed by atoms with Gasteiger partial charge in [0.05, 0.1) is 17.7 Å². The molecule has 1 aliphatic rings. The summed E-state index contributed by atoms with van der Waals surface area (Å²) in [6.07, 6.45) is 2.44. The summed E-state index contributed by atoms with van der Waals surface area (Å²) in [5, 5.41) is 2.10. The number of nitrogens with zero attached hydrogens (tertiary/aromatic N) is 2. The van der Waals surface area contributed by atoms with Gasteiger partial charge >= 0.3 is 0 Å². The Morgan fingerprint density at radius 2 is 2.15 bits per heavy atom. The number of morpholine rings is 1. The van der Waals surface area contributed by atoms with Crippen LogP contribution in [0.1, 0.15) is 12.5 Å². The number of para-hydroxylation sites is 1. The van der Waals surface area contributed by atoms with E-state index in [-0.39, 0.29) is 12.2 Å². The Morgan fingerprint density at radius 3 is 3.00 bits per heavy atom. The molecule has 1 aliphatic heterocycles. The molecule has 4 heteroatoms. The summed E-state index contributed by atoms with van der Waals surface area (Å²) in [5.74, 6) is 0. The van der Waals surface area contributed by atoms with Crippen molar-refractivity contribution in [1.82, 2.24) is 9.88 Å². The van der Waals surface area contributed by atoms with Crippen LogP contribution in [-0.2, 0) is 11.3 Å². The number of hydrogen-bond acceptors (Lipinski definition) is 3. The van der Waals surface area contributed by atoms with Gasteiger partial charge in [-0.25, -0.2) is 0 Å². The van der Waals surface area contributed by atoms with Gasteiger partial charge in [0.25, 0.3) is 0 Å². The monoisotopic (exact) mass is 334 g/mol. The predicted molar refractivity (Wildman–Crippen MR) is 85.1 cm³/mol. The largest absolute Gasteiger partial charge is 0.372 e. The van der Waals surface area contributed by atoms with Crippen molar-refractivity contribution in [2.45, 2.75) is 25.7 Å². The summed E-state index contributed by atoms with van der Waals surface area (Å²) in [5.41, 5.74) is 2.41. The van der Waals surface area contributed by atoms with E-state index in [4.69, 9.17) is 4.74 Å². The molecular formula is C16H19BrN2O. The average molecular weight is 335 g/mol. The first-order valence-corrected chi connectivity index (χ1v) is 8.15. The second-order valence-electron chi connectivity index (χ2n) is 5.41. The summed E-state index contributed by atoms with van der Waals surface area (Å²) < 4.78 is 5.89. The molecule has 0 bridgehead atoms. The quantitative estimate of drug-likeness (QED) is 0.806. The molecule has 20 heavy (non-hydrogen) atoms. The Balaban J connectivity index is 1.82. The Morgan fingerprint density at radius 1 is 1.30 bits per heavy atom. The smallest absolute Gasteiger partial charge is 0.0802 e. The van der Waals surface area contributed by atoms with Crippen LogP contribution < -0.4 is 0 Å². The molecule has 0 spiro atoms. The Hall–Kier alpha value is -0.970. The van der Waals surface area contributed by atoms with Gasteiger partial charge in [-0.2, -0.15) is 0 Å². The summed E-state index contributed by atoms with van der Waals surface area (Å²) in [7, 11) is 0. The normalized spacial score (nSPS) is 24.1. The fourth-order valence-corrected chi connectivity index (χ4v) is 3.25. The molecule has 0 aliphatic carbocycles. The first-order chi connectivity index (χ1) is 9.76. The van der Waals surface area contributed by atoms with Crippen LogP contribution in [0.4, 0.5) is 0 Å². The van der Waals surface area contributed by atoms with E-state index in [0.29, 0.717) is 0 Å². The number of fused-ring (bicyclic) bond motifs is 1. The van der Waals surface area contributed by atoms with Gasteiger partial charge in [0.2, 0.25) is 0 Å². The van der Waals surface area contributed by atoms with Gasteiger partial charge in [0, 0.05) is 36.5 Å². The zero-order valence-corrected chi connectivity index (χ0v) is 13.2. The number of alkyl halides is 1. The van der Waals surface area contributed by atoms with E-state index in [9.17, 15) is 0 Å². The molecule has 0 amide bonds. The van der Waals surface area contributed by atoms with Gasteiger partial charge in [-0.3, -0.25) is 9.88 Å². The number of benzene rings is 1. The number of halogens is 1. The Labute approximate surface area is 128 Å². The highest BCUT2D eigenvalue weighted by molar-refractivity contribution is 9.09. The van der Waals surface area contributed by atoms with Gasteiger partial charge in [-0.15, -0.1) is 0 Å². The van der Waals surface area contributed by atoms with Crippen LogP contribution in [0.5, 0.6) is 0 Å². The van der Waals surface area contributed by atoms with Crippen molar-refractivity contribution in [3.05, 3.63) is 42.1 Å². The molecule has 2 heterocycles. The SMILES string of the molecule is CC1CN(Cc2cccc3cccnc23)CC(CBr)O1. The fourth-order valence-electron chi connectivity index (χ4n) is 2.89. The lowest BCUT2D eigenvalue weighted by molar-refractivity contribution is -0.0677. The maximum atomic E-state index is 5.89. The highest BCUT2D eigenvalue weighted by atomic mass is 79.9. The zero-order chi connectivity index (χ0) is 13.9. The van der Waals surface area contributed by atoms with Crippen LogP contribution in [0, 0.1) is 0 Å². The number of pyridine rings is 1. The molecule has 1 aromatic heterocycles. The Bertz CT molecular complexity index is 584. The van der Waals surface area contributed by atoms with E-state index >= 15 is 0 Å². The van der Waals surface area contributed by atoms with Crippen LogP contribution in [0.25, 0.3) is 10.9 Å². The highest BCUT2D eigenvalue weighted by Gasteiger charge is 2.24. The topological polar surface area (TPSA) is 25.4 Å². The summed E-state index contributed by atoms with van der Waals surface area (Å²) >= 11 is 3.53. The van der Waals surface area contributed by atoms with Crippen molar-refractivity contribution in [2.75, 3.05) is 18.4 Å². The number of rotatable bonds is 3. The van der Waals surface area contributed by atoms with Gasteiger partial charge < -0.3 is 4.74 Å². The molecule has 0 N–H and O–H groups in total. The van der Waals surface area contributed by atoms with Crippen molar-refractivity contribution in [2.24, 2.45) is 0 Å². The van der Waals surface area contributed by atoms with Crippen LogP contribution in [0.2, 0.25) is 0 Å². The van der Waals surface area contributed by atoms with Crippen molar-refractivity contribution < 1.29 is 4.74 Å². The molecule has 3 rings (SSSR count). The first kappa shape index (κ1) is 14.0. The molecule has 2 unspecified atom stereocenters. The van der Waals surface area contributed by atoms with Gasteiger partial charge in [0.15, 0.2) is 0 Å². The molecule has 3 nitrogen and oxygen atoms in total. The second kappa shape index (κ2) is 6.20. The third kappa shape index (κ3) is 3.03. The summed E-state index contributed by atoms with van der Waals surface area (Å²) in [6.45, 7) is 5.03. The molecule has 1 saturated heterocycles. The number of ether oxygens (including phenoxy) is 1. The van der Waals surface area contributed by atoms with Crippen molar-refractivity contribution in [3.8, 4) is 0 Å². The van der Waals surface area contributed by atoms with Crippen LogP contribution in [-0.4, -0.2) is 40.5 Å². The number of hydrogen-bond donors (Lipinski definition) is 0. The minimum atomic E-state index is 0.279. The maximum Gasteiger partial charge on any atom is 0.0802 e. The van der Waals surface area contributed by atoms with E-state index in [2.05, 4.69) is 57.0 Å². The molecule has 2 atom stereocenters. The van der Waals surface area contributed by atoms with Crippen molar-refractivity contribution in [1.29, 1.82) is 0 Å². The lowest BCUT2D eigenvalue weighted by Gasteiger charge is -2.36. The minimum Gasteiger partial charge on any atom is -0.372 e. The third-order valence-corrected chi connectivity index (χ3v) is 4.41. The van der Waals surface area contributed by atoms with Crippen LogP contribution in [0.3, 0.4) is 0 Å². The summed E-state index contributed by atoms with van der Waals surface area (Å²) in [6, 6.07) is 10.5. The lowest BCUT2D eigenvalue weighted by Crippen LogP contribution is -2.46. The standard InChI is InChI=1S/C16H19BrN2O/c1-12-9-19(11-15(8-17)20-12)10-14-5-2-4-13-6-3-7-18-16(13)14/h2-7,12,15H,8-11H2,1H3. The van der Waals surface area contributed by atoms with Crippen LogP contribution >= 0.6 is 15.9 Å². The Kier molecular flexibility index (Phi) is 4.34. The lowest BCUT2D eigenvalue weighted by atomic mass is 10.1. The second-order valence-corrected chi connectivity index (χ2v) is 6.06. The van der Waals surface area contributed by atoms with Gasteiger partial charge in [-0.05, 0) is 18.6 Å². The van der Waals surface area contributed by atoms with E-state index < -0.39 is 0 Å². The molecular weight excluding hydrogens is 316 g/mol. The van der Waals surface area contributed by atoms with Gasteiger partial charge in [-0.1, -0.05) is 40.2 Å². The maximum absolute atomic E-state index is 5.89.